The Morgan fingerprint density at radius 1 is 1.33 bits per heavy atom. The van der Waals surface area contributed by atoms with Gasteiger partial charge in [0.2, 0.25) is 0 Å². The Balaban J connectivity index is 1.79. The number of benzene rings is 1. The first-order valence-electron chi connectivity index (χ1n) is 10.9. The molecule has 0 aromatic heterocycles. The third kappa shape index (κ3) is 5.52. The summed E-state index contributed by atoms with van der Waals surface area (Å²) in [6.07, 6.45) is 2.74. The van der Waals surface area contributed by atoms with Crippen molar-refractivity contribution in [2.75, 3.05) is 33.4 Å². The minimum absolute atomic E-state index is 0.0820. The molecule has 166 valence electrons. The molecule has 2 unspecified atom stereocenters. The van der Waals surface area contributed by atoms with Gasteiger partial charge in [0.25, 0.3) is 5.91 Å². The molecule has 2 atom stereocenters. The predicted molar refractivity (Wildman–Crippen MR) is 113 cm³/mol. The Hall–Kier alpha value is -2.12. The first kappa shape index (κ1) is 22.6. The van der Waals surface area contributed by atoms with E-state index in [4.69, 9.17) is 9.47 Å². The number of ether oxygens (including phenoxy) is 2. The molecule has 2 amide bonds. The topological polar surface area (TPSA) is 79.3 Å². The maximum atomic E-state index is 13.2. The molecule has 3 rings (SSSR count). The third-order valence-corrected chi connectivity index (χ3v) is 5.89. The van der Waals surface area contributed by atoms with Crippen LogP contribution >= 0.6 is 0 Å². The minimum atomic E-state index is -1.01. The first-order chi connectivity index (χ1) is 14.4. The molecule has 7 heteroatoms. The SMILES string of the molecule is COC1CCCCc2ccc(CN(CC(C)C)C(=O)C3CN(C(=O)O)CCO3)cc21. The molecule has 1 fully saturated rings. The molecule has 2 aliphatic rings. The molecular weight excluding hydrogens is 384 g/mol. The van der Waals surface area contributed by atoms with Gasteiger partial charge in [-0.1, -0.05) is 38.5 Å². The van der Waals surface area contributed by atoms with Gasteiger partial charge >= 0.3 is 6.09 Å². The molecule has 1 aliphatic carbocycles. The van der Waals surface area contributed by atoms with Crippen molar-refractivity contribution in [3.63, 3.8) is 0 Å². The molecule has 1 aliphatic heterocycles. The number of amides is 2. The van der Waals surface area contributed by atoms with E-state index in [0.29, 0.717) is 25.6 Å². The number of carbonyl (C=O) groups excluding carboxylic acids is 1. The number of carboxylic acid groups (broad SMARTS) is 1. The van der Waals surface area contributed by atoms with Gasteiger partial charge < -0.3 is 24.4 Å². The van der Waals surface area contributed by atoms with Crippen molar-refractivity contribution in [1.82, 2.24) is 9.80 Å². The van der Waals surface area contributed by atoms with E-state index < -0.39 is 12.2 Å². The highest BCUT2D eigenvalue weighted by Crippen LogP contribution is 2.32. The molecule has 30 heavy (non-hydrogen) atoms. The normalized spacial score (nSPS) is 21.8. The Kier molecular flexibility index (Phi) is 7.72. The summed E-state index contributed by atoms with van der Waals surface area (Å²) in [5.74, 6) is 0.147. The van der Waals surface area contributed by atoms with Crippen LogP contribution in [0.1, 0.15) is 55.9 Å². The Morgan fingerprint density at radius 3 is 2.83 bits per heavy atom. The summed E-state index contributed by atoms with van der Waals surface area (Å²) < 4.78 is 11.4. The number of hydrogen-bond donors (Lipinski definition) is 1. The number of hydrogen-bond acceptors (Lipinski definition) is 4. The monoisotopic (exact) mass is 418 g/mol. The fourth-order valence-electron chi connectivity index (χ4n) is 4.39. The van der Waals surface area contributed by atoms with Crippen molar-refractivity contribution in [3.05, 3.63) is 34.9 Å². The highest BCUT2D eigenvalue weighted by Gasteiger charge is 2.32. The lowest BCUT2D eigenvalue weighted by atomic mass is 9.97. The van der Waals surface area contributed by atoms with Gasteiger partial charge in [0, 0.05) is 26.7 Å². The molecule has 0 radical (unpaired) electrons. The van der Waals surface area contributed by atoms with Gasteiger partial charge in [0.05, 0.1) is 19.3 Å². The summed E-state index contributed by atoms with van der Waals surface area (Å²) >= 11 is 0. The van der Waals surface area contributed by atoms with Gasteiger partial charge in [-0.15, -0.1) is 0 Å². The quantitative estimate of drug-likeness (QED) is 0.716. The van der Waals surface area contributed by atoms with Gasteiger partial charge in [0.1, 0.15) is 0 Å². The van der Waals surface area contributed by atoms with E-state index >= 15 is 0 Å². The number of morpholine rings is 1. The van der Waals surface area contributed by atoms with Crippen LogP contribution < -0.4 is 0 Å². The van der Waals surface area contributed by atoms with E-state index in [-0.39, 0.29) is 25.2 Å². The molecule has 0 saturated carbocycles. The zero-order chi connectivity index (χ0) is 21.7. The standard InChI is InChI=1S/C23H34N2O5/c1-16(2)13-25(22(26)21-15-24(23(27)28)10-11-30-21)14-17-8-9-18-6-4-5-7-20(29-3)19(18)12-17/h8-9,12,16,20-21H,4-7,10-11,13-15H2,1-3H3,(H,27,28). The fraction of sp³-hybridized carbons (Fsp3) is 0.652. The number of aryl methyl sites for hydroxylation is 1. The number of fused-ring (bicyclic) bond motifs is 1. The highest BCUT2D eigenvalue weighted by molar-refractivity contribution is 5.82. The molecule has 1 aromatic rings. The Morgan fingerprint density at radius 2 is 2.13 bits per heavy atom. The molecule has 0 spiro atoms. The van der Waals surface area contributed by atoms with Crippen LogP contribution in [0.5, 0.6) is 0 Å². The summed E-state index contributed by atoms with van der Waals surface area (Å²) in [6.45, 7) is 5.84. The van der Waals surface area contributed by atoms with Gasteiger partial charge in [0.15, 0.2) is 6.10 Å². The van der Waals surface area contributed by atoms with Crippen LogP contribution in [0.15, 0.2) is 18.2 Å². The molecule has 1 heterocycles. The lowest BCUT2D eigenvalue weighted by molar-refractivity contribution is -0.149. The van der Waals surface area contributed by atoms with Crippen LogP contribution in [0.25, 0.3) is 0 Å². The van der Waals surface area contributed by atoms with Crippen LogP contribution in [0.4, 0.5) is 4.79 Å². The number of rotatable bonds is 6. The summed E-state index contributed by atoms with van der Waals surface area (Å²) in [7, 11) is 1.76. The van der Waals surface area contributed by atoms with Crippen molar-refractivity contribution in [2.24, 2.45) is 5.92 Å². The zero-order valence-electron chi connectivity index (χ0n) is 18.3. The predicted octanol–water partition coefficient (Wildman–Crippen LogP) is 3.46. The van der Waals surface area contributed by atoms with E-state index in [0.717, 1.165) is 24.8 Å². The van der Waals surface area contributed by atoms with Crippen molar-refractivity contribution in [2.45, 2.75) is 58.3 Å². The summed E-state index contributed by atoms with van der Waals surface area (Å²) in [4.78, 5) is 27.6. The molecule has 1 N–H and O–H groups in total. The Labute approximate surface area is 178 Å². The minimum Gasteiger partial charge on any atom is -0.465 e. The average molecular weight is 419 g/mol. The van der Waals surface area contributed by atoms with Crippen molar-refractivity contribution in [3.8, 4) is 0 Å². The lowest BCUT2D eigenvalue weighted by Gasteiger charge is -2.34. The second kappa shape index (κ2) is 10.3. The number of nitrogens with zero attached hydrogens (tertiary/aromatic N) is 2. The van der Waals surface area contributed by atoms with Crippen LogP contribution in [0, 0.1) is 5.92 Å². The van der Waals surface area contributed by atoms with Crippen molar-refractivity contribution in [1.29, 1.82) is 0 Å². The summed E-state index contributed by atoms with van der Waals surface area (Å²) in [5.41, 5.74) is 3.63. The van der Waals surface area contributed by atoms with E-state index in [9.17, 15) is 14.7 Å². The van der Waals surface area contributed by atoms with Crippen LogP contribution in [0.2, 0.25) is 0 Å². The third-order valence-electron chi connectivity index (χ3n) is 5.89. The van der Waals surface area contributed by atoms with Gasteiger partial charge in [-0.05, 0) is 41.9 Å². The van der Waals surface area contributed by atoms with Crippen LogP contribution in [-0.4, -0.2) is 66.4 Å². The Bertz CT molecular complexity index is 751. The first-order valence-corrected chi connectivity index (χ1v) is 10.9. The average Bonchev–Trinajstić information content (AvgIpc) is 2.94. The summed E-state index contributed by atoms with van der Waals surface area (Å²) in [5, 5.41) is 9.27. The molecule has 1 saturated heterocycles. The number of carbonyl (C=O) groups is 2. The van der Waals surface area contributed by atoms with Crippen molar-refractivity contribution >= 4 is 12.0 Å². The van der Waals surface area contributed by atoms with Gasteiger partial charge in [-0.3, -0.25) is 4.79 Å². The van der Waals surface area contributed by atoms with Crippen molar-refractivity contribution < 1.29 is 24.2 Å². The van der Waals surface area contributed by atoms with Gasteiger partial charge in [-0.25, -0.2) is 4.79 Å². The molecule has 7 nitrogen and oxygen atoms in total. The zero-order valence-corrected chi connectivity index (χ0v) is 18.3. The second-order valence-electron chi connectivity index (χ2n) is 8.70. The smallest absolute Gasteiger partial charge is 0.407 e. The maximum Gasteiger partial charge on any atom is 0.407 e. The van der Waals surface area contributed by atoms with Gasteiger partial charge in [-0.2, -0.15) is 0 Å². The summed E-state index contributed by atoms with van der Waals surface area (Å²) in [6, 6.07) is 6.45. The fourth-order valence-corrected chi connectivity index (χ4v) is 4.39. The van der Waals surface area contributed by atoms with E-state index in [2.05, 4.69) is 32.0 Å². The molecular formula is C23H34N2O5. The molecule has 1 aromatic carbocycles. The van der Waals surface area contributed by atoms with E-state index in [1.165, 1.54) is 22.4 Å². The van der Waals surface area contributed by atoms with E-state index in [1.807, 2.05) is 0 Å². The van der Waals surface area contributed by atoms with Crippen LogP contribution in [-0.2, 0) is 27.2 Å². The number of methoxy groups -OCH3 is 1. The molecule has 0 bridgehead atoms. The van der Waals surface area contributed by atoms with Crippen LogP contribution in [0.3, 0.4) is 0 Å². The maximum absolute atomic E-state index is 13.2. The largest absolute Gasteiger partial charge is 0.465 e. The second-order valence-corrected chi connectivity index (χ2v) is 8.70. The van der Waals surface area contributed by atoms with E-state index in [1.54, 1.807) is 12.0 Å². The highest BCUT2D eigenvalue weighted by atomic mass is 16.5. The lowest BCUT2D eigenvalue weighted by Crippen LogP contribution is -2.52.